The third-order valence-corrected chi connectivity index (χ3v) is 4.30. The first-order valence-electron chi connectivity index (χ1n) is 9.05. The predicted octanol–water partition coefficient (Wildman–Crippen LogP) is 3.44. The molecule has 0 aliphatic carbocycles. The van der Waals surface area contributed by atoms with Crippen LogP contribution in [0.1, 0.15) is 31.7 Å². The van der Waals surface area contributed by atoms with Crippen molar-refractivity contribution in [2.24, 2.45) is 4.99 Å². The van der Waals surface area contributed by atoms with Gasteiger partial charge in [0, 0.05) is 31.2 Å². The van der Waals surface area contributed by atoms with E-state index in [1.807, 2.05) is 11.8 Å². The minimum Gasteiger partial charge on any atom is -0.357 e. The number of hydrogen-bond acceptors (Lipinski definition) is 2. The normalized spacial score (nSPS) is 19.2. The number of guanidine groups is 1. The Morgan fingerprint density at radius 1 is 1.26 bits per heavy atom. The van der Waals surface area contributed by atoms with E-state index in [9.17, 15) is 22.0 Å². The molecule has 1 aliphatic rings. The lowest BCUT2D eigenvalue weighted by Gasteiger charge is -2.34. The van der Waals surface area contributed by atoms with Gasteiger partial charge in [-0.1, -0.05) is 6.07 Å². The first kappa shape index (κ1) is 21.4. The predicted molar refractivity (Wildman–Crippen MR) is 94.4 cm³/mol. The molecule has 1 aromatic rings. The molecule has 0 amide bonds. The van der Waals surface area contributed by atoms with E-state index in [2.05, 4.69) is 15.6 Å². The monoisotopic (exact) mass is 392 g/mol. The summed E-state index contributed by atoms with van der Waals surface area (Å²) in [7, 11) is 0. The fraction of sp³-hybridized carbons (Fsp3) is 0.611. The number of nitrogens with zero attached hydrogens (tertiary/aromatic N) is 2. The summed E-state index contributed by atoms with van der Waals surface area (Å²) in [6.07, 6.45) is -3.60. The highest BCUT2D eigenvalue weighted by Gasteiger charge is 2.26. The van der Waals surface area contributed by atoms with Crippen LogP contribution in [-0.4, -0.2) is 49.3 Å². The Morgan fingerprint density at radius 3 is 2.59 bits per heavy atom. The van der Waals surface area contributed by atoms with Crippen molar-refractivity contribution in [1.82, 2.24) is 15.5 Å². The molecule has 1 fully saturated rings. The maximum Gasteiger partial charge on any atom is 0.390 e. The molecule has 1 heterocycles. The number of likely N-dealkylation sites (tertiary alicyclic amines) is 1. The van der Waals surface area contributed by atoms with Crippen LogP contribution >= 0.6 is 0 Å². The zero-order valence-electron chi connectivity index (χ0n) is 15.3. The van der Waals surface area contributed by atoms with Crippen molar-refractivity contribution in [2.45, 2.75) is 44.9 Å². The SMILES string of the molecule is CCNC(=NCCC(F)(F)F)NC1CCCN(Cc2c(F)cccc2F)C1. The van der Waals surface area contributed by atoms with Crippen molar-refractivity contribution in [3.05, 3.63) is 35.4 Å². The van der Waals surface area contributed by atoms with Crippen LogP contribution in [-0.2, 0) is 6.54 Å². The van der Waals surface area contributed by atoms with Crippen molar-refractivity contribution in [2.75, 3.05) is 26.2 Å². The maximum atomic E-state index is 13.8. The number of piperidine rings is 1. The first-order valence-corrected chi connectivity index (χ1v) is 9.05. The van der Waals surface area contributed by atoms with Crippen LogP contribution in [0.5, 0.6) is 0 Å². The van der Waals surface area contributed by atoms with Crippen LogP contribution in [0.4, 0.5) is 22.0 Å². The van der Waals surface area contributed by atoms with E-state index in [1.54, 1.807) is 0 Å². The molecule has 0 spiro atoms. The quantitative estimate of drug-likeness (QED) is 0.443. The summed E-state index contributed by atoms with van der Waals surface area (Å²) in [5, 5.41) is 6.06. The third kappa shape index (κ3) is 7.32. The molecule has 2 rings (SSSR count). The molecule has 2 N–H and O–H groups in total. The molecule has 1 unspecified atom stereocenters. The van der Waals surface area contributed by atoms with E-state index in [0.717, 1.165) is 12.8 Å². The van der Waals surface area contributed by atoms with Gasteiger partial charge in [0.25, 0.3) is 0 Å². The zero-order chi connectivity index (χ0) is 19.9. The zero-order valence-corrected chi connectivity index (χ0v) is 15.3. The van der Waals surface area contributed by atoms with Crippen LogP contribution in [0.15, 0.2) is 23.2 Å². The van der Waals surface area contributed by atoms with Gasteiger partial charge in [-0.15, -0.1) is 0 Å². The molecule has 9 heteroatoms. The molecule has 1 aliphatic heterocycles. The number of aliphatic imine (C=N–C) groups is 1. The highest BCUT2D eigenvalue weighted by molar-refractivity contribution is 5.80. The average molecular weight is 392 g/mol. The molecule has 1 aromatic carbocycles. The fourth-order valence-electron chi connectivity index (χ4n) is 3.03. The summed E-state index contributed by atoms with van der Waals surface area (Å²) in [5.74, 6) is -0.829. The van der Waals surface area contributed by atoms with Gasteiger partial charge in [-0.25, -0.2) is 8.78 Å². The van der Waals surface area contributed by atoms with Gasteiger partial charge < -0.3 is 10.6 Å². The lowest BCUT2D eigenvalue weighted by molar-refractivity contribution is -0.132. The Bertz CT molecular complexity index is 612. The number of alkyl halides is 3. The van der Waals surface area contributed by atoms with Gasteiger partial charge in [0.15, 0.2) is 5.96 Å². The topological polar surface area (TPSA) is 39.7 Å². The Labute approximate surface area is 155 Å². The second kappa shape index (κ2) is 9.87. The summed E-state index contributed by atoms with van der Waals surface area (Å²) < 4.78 is 64.6. The summed E-state index contributed by atoms with van der Waals surface area (Å²) in [6.45, 7) is 3.38. The van der Waals surface area contributed by atoms with Crippen LogP contribution in [0, 0.1) is 11.6 Å². The highest BCUT2D eigenvalue weighted by atomic mass is 19.4. The fourth-order valence-corrected chi connectivity index (χ4v) is 3.03. The van der Waals surface area contributed by atoms with Crippen molar-refractivity contribution in [3.8, 4) is 0 Å². The molecule has 1 atom stereocenters. The van der Waals surface area contributed by atoms with Crippen LogP contribution < -0.4 is 10.6 Å². The third-order valence-electron chi connectivity index (χ3n) is 4.30. The Kier molecular flexibility index (Phi) is 7.82. The average Bonchev–Trinajstić information content (AvgIpc) is 2.58. The number of halogens is 5. The lowest BCUT2D eigenvalue weighted by atomic mass is 10.0. The highest BCUT2D eigenvalue weighted by Crippen LogP contribution is 2.20. The van der Waals surface area contributed by atoms with E-state index in [4.69, 9.17) is 0 Å². The van der Waals surface area contributed by atoms with Crippen molar-refractivity contribution < 1.29 is 22.0 Å². The molecule has 152 valence electrons. The second-order valence-corrected chi connectivity index (χ2v) is 6.54. The van der Waals surface area contributed by atoms with Gasteiger partial charge >= 0.3 is 6.18 Å². The Morgan fingerprint density at radius 2 is 1.96 bits per heavy atom. The van der Waals surface area contributed by atoms with E-state index in [0.29, 0.717) is 25.6 Å². The smallest absolute Gasteiger partial charge is 0.357 e. The van der Waals surface area contributed by atoms with E-state index in [1.165, 1.54) is 18.2 Å². The number of benzene rings is 1. The molecule has 0 saturated carbocycles. The van der Waals surface area contributed by atoms with Gasteiger partial charge in [-0.3, -0.25) is 9.89 Å². The first-order chi connectivity index (χ1) is 12.8. The molecular formula is C18H25F5N4. The molecule has 0 radical (unpaired) electrons. The molecule has 0 aromatic heterocycles. The molecule has 4 nitrogen and oxygen atoms in total. The van der Waals surface area contributed by atoms with Gasteiger partial charge in [0.1, 0.15) is 11.6 Å². The van der Waals surface area contributed by atoms with Crippen molar-refractivity contribution in [1.29, 1.82) is 0 Å². The number of nitrogens with one attached hydrogen (secondary N) is 2. The van der Waals surface area contributed by atoms with Crippen LogP contribution in [0.3, 0.4) is 0 Å². The van der Waals surface area contributed by atoms with E-state index < -0.39 is 24.2 Å². The van der Waals surface area contributed by atoms with Gasteiger partial charge in [-0.2, -0.15) is 13.2 Å². The summed E-state index contributed by atoms with van der Waals surface area (Å²) in [5.41, 5.74) is 0.0314. The number of rotatable bonds is 6. The second-order valence-electron chi connectivity index (χ2n) is 6.54. The molecular weight excluding hydrogens is 367 g/mol. The van der Waals surface area contributed by atoms with Crippen molar-refractivity contribution >= 4 is 5.96 Å². The maximum absolute atomic E-state index is 13.8. The van der Waals surface area contributed by atoms with Crippen molar-refractivity contribution in [3.63, 3.8) is 0 Å². The Balaban J connectivity index is 1.94. The van der Waals surface area contributed by atoms with E-state index in [-0.39, 0.29) is 24.7 Å². The summed E-state index contributed by atoms with van der Waals surface area (Å²) >= 11 is 0. The summed E-state index contributed by atoms with van der Waals surface area (Å²) in [4.78, 5) is 5.90. The molecule has 0 bridgehead atoms. The molecule has 27 heavy (non-hydrogen) atoms. The van der Waals surface area contributed by atoms with Gasteiger partial charge in [0.05, 0.1) is 13.0 Å². The van der Waals surface area contributed by atoms with Crippen LogP contribution in [0.2, 0.25) is 0 Å². The molecule has 1 saturated heterocycles. The van der Waals surface area contributed by atoms with Crippen LogP contribution in [0.25, 0.3) is 0 Å². The van der Waals surface area contributed by atoms with Gasteiger partial charge in [-0.05, 0) is 38.4 Å². The largest absolute Gasteiger partial charge is 0.390 e. The minimum atomic E-state index is -4.24. The van der Waals surface area contributed by atoms with E-state index >= 15 is 0 Å². The van der Waals surface area contributed by atoms with Gasteiger partial charge in [0.2, 0.25) is 0 Å². The minimum absolute atomic E-state index is 0.0314. The standard InChI is InChI=1S/C18H25F5N4/c1-2-24-17(25-9-8-18(21,22)23)26-13-5-4-10-27(11-13)12-14-15(19)6-3-7-16(14)20/h3,6-7,13H,2,4-5,8-12H2,1H3,(H2,24,25,26). The number of hydrogen-bond donors (Lipinski definition) is 2. The lowest BCUT2D eigenvalue weighted by Crippen LogP contribution is -2.51. The Hall–Kier alpha value is -1.90. The summed E-state index contributed by atoms with van der Waals surface area (Å²) in [6, 6.07) is 3.73.